The van der Waals surface area contributed by atoms with E-state index in [0.717, 1.165) is 18.4 Å². The van der Waals surface area contributed by atoms with Gasteiger partial charge in [0.2, 0.25) is 5.88 Å². The lowest BCUT2D eigenvalue weighted by molar-refractivity contribution is -0.139. The Kier molecular flexibility index (Phi) is 7.20. The molecule has 0 radical (unpaired) electrons. The average Bonchev–Trinajstić information content (AvgIpc) is 2.53. The number of carbonyl (C=O) groups is 2. The molecule has 2 amide bonds. The molecule has 1 aromatic heterocycles. The van der Waals surface area contributed by atoms with Gasteiger partial charge in [0.25, 0.3) is 0 Å². The molecule has 2 rings (SSSR count). The van der Waals surface area contributed by atoms with E-state index in [1.165, 1.54) is 0 Å². The van der Waals surface area contributed by atoms with Gasteiger partial charge in [0.15, 0.2) is 0 Å². The van der Waals surface area contributed by atoms with Crippen LogP contribution >= 0.6 is 0 Å². The summed E-state index contributed by atoms with van der Waals surface area (Å²) in [5, 5.41) is 14.7. The summed E-state index contributed by atoms with van der Waals surface area (Å²) in [7, 11) is 0. The van der Waals surface area contributed by atoms with Crippen LogP contribution in [0.2, 0.25) is 0 Å². The smallest absolute Gasteiger partial charge is 0.317 e. The number of carboxylic acids is 1. The third kappa shape index (κ3) is 6.18. The number of amides is 2. The normalized spacial score (nSPS) is 19.1. The van der Waals surface area contributed by atoms with Gasteiger partial charge in [0, 0.05) is 30.9 Å². The molecule has 0 unspecified atom stereocenters. The maximum atomic E-state index is 12.0. The monoisotopic (exact) mass is 364 g/mol. The quantitative estimate of drug-likeness (QED) is 0.615. The van der Waals surface area contributed by atoms with Crippen molar-refractivity contribution in [3.63, 3.8) is 0 Å². The molecule has 8 nitrogen and oxygen atoms in total. The van der Waals surface area contributed by atoms with Crippen molar-refractivity contribution in [2.24, 2.45) is 0 Å². The van der Waals surface area contributed by atoms with Crippen LogP contribution in [-0.4, -0.2) is 58.3 Å². The standard InChI is InChI=1S/C18H28N4O4/c1-4-22(11-17(23)24)15-8-14(9-15)21-18(25)20-10-13-5-6-19-16(7-13)26-12(2)3/h5-7,12,14-15H,4,8-11H2,1-3H3,(H,23,24)(H2,20,21,25). The molecule has 26 heavy (non-hydrogen) atoms. The summed E-state index contributed by atoms with van der Waals surface area (Å²) in [6, 6.07) is 3.72. The molecule has 1 fully saturated rings. The van der Waals surface area contributed by atoms with Gasteiger partial charge in [-0.2, -0.15) is 0 Å². The molecular weight excluding hydrogens is 336 g/mol. The predicted octanol–water partition coefficient (Wildman–Crippen LogP) is 1.61. The minimum atomic E-state index is -0.820. The minimum Gasteiger partial charge on any atom is -0.480 e. The number of carboxylic acid groups (broad SMARTS) is 1. The molecule has 1 aliphatic carbocycles. The first-order chi connectivity index (χ1) is 12.4. The Morgan fingerprint density at radius 3 is 2.77 bits per heavy atom. The van der Waals surface area contributed by atoms with Crippen LogP contribution in [0, 0.1) is 0 Å². The molecule has 0 spiro atoms. The summed E-state index contributed by atoms with van der Waals surface area (Å²) >= 11 is 0. The minimum absolute atomic E-state index is 0.0446. The molecule has 1 aliphatic rings. The fraction of sp³-hybridized carbons (Fsp3) is 0.611. The predicted molar refractivity (Wildman–Crippen MR) is 97.1 cm³/mol. The number of ether oxygens (including phenoxy) is 1. The molecule has 8 heteroatoms. The van der Waals surface area contributed by atoms with E-state index >= 15 is 0 Å². The Hall–Kier alpha value is -2.35. The van der Waals surface area contributed by atoms with Gasteiger partial charge >= 0.3 is 12.0 Å². The molecule has 0 atom stereocenters. The number of nitrogens with one attached hydrogen (secondary N) is 2. The van der Waals surface area contributed by atoms with Gasteiger partial charge < -0.3 is 20.5 Å². The van der Waals surface area contributed by atoms with E-state index in [4.69, 9.17) is 9.84 Å². The fourth-order valence-corrected chi connectivity index (χ4v) is 2.96. The van der Waals surface area contributed by atoms with Crippen molar-refractivity contribution in [2.75, 3.05) is 13.1 Å². The van der Waals surface area contributed by atoms with Gasteiger partial charge in [-0.25, -0.2) is 9.78 Å². The van der Waals surface area contributed by atoms with Crippen LogP contribution in [0.25, 0.3) is 0 Å². The van der Waals surface area contributed by atoms with Crippen molar-refractivity contribution in [3.05, 3.63) is 23.9 Å². The van der Waals surface area contributed by atoms with Crippen LogP contribution in [0.4, 0.5) is 4.79 Å². The van der Waals surface area contributed by atoms with Crippen molar-refractivity contribution in [2.45, 2.75) is 58.3 Å². The Balaban J connectivity index is 1.71. The second-order valence-corrected chi connectivity index (χ2v) is 6.77. The SMILES string of the molecule is CCN(CC(=O)O)C1CC(NC(=O)NCc2ccnc(OC(C)C)c2)C1. The number of rotatable bonds is 9. The second-order valence-electron chi connectivity index (χ2n) is 6.77. The maximum Gasteiger partial charge on any atom is 0.317 e. The van der Waals surface area contributed by atoms with Crippen LogP contribution in [0.15, 0.2) is 18.3 Å². The molecule has 0 saturated heterocycles. The Labute approximate surface area is 153 Å². The maximum absolute atomic E-state index is 12.0. The van der Waals surface area contributed by atoms with Crippen LogP contribution in [0.3, 0.4) is 0 Å². The summed E-state index contributed by atoms with van der Waals surface area (Å²) in [4.78, 5) is 28.9. The van der Waals surface area contributed by atoms with Gasteiger partial charge in [-0.05, 0) is 44.9 Å². The zero-order valence-electron chi connectivity index (χ0n) is 15.6. The van der Waals surface area contributed by atoms with Gasteiger partial charge in [0.05, 0.1) is 12.6 Å². The first kappa shape index (κ1) is 20.0. The van der Waals surface area contributed by atoms with Crippen molar-refractivity contribution in [3.8, 4) is 5.88 Å². The van der Waals surface area contributed by atoms with Crippen LogP contribution in [0.1, 0.15) is 39.2 Å². The Morgan fingerprint density at radius 1 is 1.42 bits per heavy atom. The van der Waals surface area contributed by atoms with Crippen LogP contribution < -0.4 is 15.4 Å². The number of urea groups is 1. The molecule has 1 aromatic rings. The highest BCUT2D eigenvalue weighted by molar-refractivity contribution is 5.74. The number of hydrogen-bond donors (Lipinski definition) is 3. The first-order valence-electron chi connectivity index (χ1n) is 8.99. The van der Waals surface area contributed by atoms with E-state index in [-0.39, 0.29) is 30.8 Å². The highest BCUT2D eigenvalue weighted by Gasteiger charge is 2.34. The van der Waals surface area contributed by atoms with Crippen LogP contribution in [0.5, 0.6) is 5.88 Å². The molecule has 3 N–H and O–H groups in total. The summed E-state index contributed by atoms with van der Waals surface area (Å²) in [5.74, 6) is -0.279. The van der Waals surface area contributed by atoms with Crippen molar-refractivity contribution < 1.29 is 19.4 Å². The summed E-state index contributed by atoms with van der Waals surface area (Å²) < 4.78 is 5.54. The first-order valence-corrected chi connectivity index (χ1v) is 8.99. The topological polar surface area (TPSA) is 104 Å². The van der Waals surface area contributed by atoms with E-state index in [1.54, 1.807) is 6.20 Å². The van der Waals surface area contributed by atoms with Crippen LogP contribution in [-0.2, 0) is 11.3 Å². The molecule has 144 valence electrons. The highest BCUT2D eigenvalue weighted by atomic mass is 16.5. The Bertz CT molecular complexity index is 617. The molecule has 0 aliphatic heterocycles. The summed E-state index contributed by atoms with van der Waals surface area (Å²) in [6.45, 7) is 6.94. The zero-order valence-corrected chi connectivity index (χ0v) is 15.6. The number of nitrogens with zero attached hydrogens (tertiary/aromatic N) is 2. The molecule has 0 bridgehead atoms. The van der Waals surface area contributed by atoms with Crippen molar-refractivity contribution in [1.82, 2.24) is 20.5 Å². The third-order valence-electron chi connectivity index (χ3n) is 4.32. The number of aromatic nitrogens is 1. The van der Waals surface area contributed by atoms with Gasteiger partial charge in [0.1, 0.15) is 0 Å². The highest BCUT2D eigenvalue weighted by Crippen LogP contribution is 2.25. The van der Waals surface area contributed by atoms with E-state index < -0.39 is 5.97 Å². The van der Waals surface area contributed by atoms with E-state index in [9.17, 15) is 9.59 Å². The van der Waals surface area contributed by atoms with Gasteiger partial charge in [-0.15, -0.1) is 0 Å². The lowest BCUT2D eigenvalue weighted by Gasteiger charge is -2.42. The molecule has 1 saturated carbocycles. The number of carbonyl (C=O) groups excluding carboxylic acids is 1. The summed E-state index contributed by atoms with van der Waals surface area (Å²) in [5.41, 5.74) is 0.913. The molecular formula is C18H28N4O4. The third-order valence-corrected chi connectivity index (χ3v) is 4.32. The lowest BCUT2D eigenvalue weighted by Crippen LogP contribution is -2.56. The van der Waals surface area contributed by atoms with E-state index in [2.05, 4.69) is 15.6 Å². The fourth-order valence-electron chi connectivity index (χ4n) is 2.96. The lowest BCUT2D eigenvalue weighted by atomic mass is 9.85. The number of pyridine rings is 1. The number of likely N-dealkylation sites (N-methyl/N-ethyl adjacent to an activating group) is 1. The van der Waals surface area contributed by atoms with Crippen molar-refractivity contribution in [1.29, 1.82) is 0 Å². The van der Waals surface area contributed by atoms with Gasteiger partial charge in [-0.3, -0.25) is 9.69 Å². The molecule has 1 heterocycles. The van der Waals surface area contributed by atoms with Gasteiger partial charge in [-0.1, -0.05) is 6.92 Å². The number of hydrogen-bond acceptors (Lipinski definition) is 5. The van der Waals surface area contributed by atoms with E-state index in [1.807, 2.05) is 37.8 Å². The number of aliphatic carboxylic acids is 1. The zero-order chi connectivity index (χ0) is 19.1. The summed E-state index contributed by atoms with van der Waals surface area (Å²) in [6.07, 6.45) is 3.25. The van der Waals surface area contributed by atoms with Crippen molar-refractivity contribution >= 4 is 12.0 Å². The Morgan fingerprint density at radius 2 is 2.15 bits per heavy atom. The second kappa shape index (κ2) is 9.38. The average molecular weight is 364 g/mol. The van der Waals surface area contributed by atoms with E-state index in [0.29, 0.717) is 19.0 Å². The molecule has 0 aromatic carbocycles. The largest absolute Gasteiger partial charge is 0.480 e.